The molecule has 0 aliphatic carbocycles. The maximum atomic E-state index is 14.0. The lowest BCUT2D eigenvalue weighted by molar-refractivity contribution is 0.0697. The van der Waals surface area contributed by atoms with Crippen LogP contribution in [0.5, 0.6) is 0 Å². The molecule has 1 aromatic carbocycles. The first-order valence-corrected chi connectivity index (χ1v) is 6.84. The standard InChI is InChI=1S/C14H13FN2O3S/c1-7-5-4-6-9(11(7)15)12(18)17(3)13-10(14(19)20)8(2)16-21-13/h4-6H,1-3H3,(H,19,20). The molecule has 0 aliphatic rings. The molecule has 110 valence electrons. The number of carboxylic acid groups (broad SMARTS) is 1. The first-order valence-electron chi connectivity index (χ1n) is 6.07. The van der Waals surface area contributed by atoms with Crippen molar-refractivity contribution in [2.45, 2.75) is 13.8 Å². The van der Waals surface area contributed by atoms with Crippen molar-refractivity contribution in [1.29, 1.82) is 0 Å². The third-order valence-electron chi connectivity index (χ3n) is 3.09. The molecular formula is C14H13FN2O3S. The number of benzene rings is 1. The van der Waals surface area contributed by atoms with Crippen LogP contribution in [-0.4, -0.2) is 28.4 Å². The molecule has 0 aliphatic heterocycles. The Morgan fingerprint density at radius 3 is 2.62 bits per heavy atom. The van der Waals surface area contributed by atoms with Gasteiger partial charge in [0.1, 0.15) is 16.4 Å². The number of anilines is 1. The van der Waals surface area contributed by atoms with Crippen LogP contribution in [0.2, 0.25) is 0 Å². The van der Waals surface area contributed by atoms with Gasteiger partial charge in [0.2, 0.25) is 0 Å². The Hall–Kier alpha value is -2.28. The van der Waals surface area contributed by atoms with E-state index in [1.54, 1.807) is 26.0 Å². The number of carbonyl (C=O) groups is 2. The predicted molar refractivity (Wildman–Crippen MR) is 77.7 cm³/mol. The quantitative estimate of drug-likeness (QED) is 0.946. The molecule has 2 rings (SSSR count). The highest BCUT2D eigenvalue weighted by Gasteiger charge is 2.26. The predicted octanol–water partition coefficient (Wildman–Crippen LogP) is 2.87. The molecule has 0 spiro atoms. The van der Waals surface area contributed by atoms with E-state index in [4.69, 9.17) is 0 Å². The molecule has 5 nitrogen and oxygen atoms in total. The summed E-state index contributed by atoms with van der Waals surface area (Å²) in [6.07, 6.45) is 0. The van der Waals surface area contributed by atoms with Crippen LogP contribution < -0.4 is 4.90 Å². The highest BCUT2D eigenvalue weighted by molar-refractivity contribution is 7.11. The van der Waals surface area contributed by atoms with Gasteiger partial charge in [-0.15, -0.1) is 0 Å². The molecule has 0 bridgehead atoms. The summed E-state index contributed by atoms with van der Waals surface area (Å²) in [7, 11) is 1.41. The summed E-state index contributed by atoms with van der Waals surface area (Å²) in [5.41, 5.74) is 0.545. The van der Waals surface area contributed by atoms with Gasteiger partial charge < -0.3 is 10.0 Å². The molecule has 2 aromatic rings. The fraction of sp³-hybridized carbons (Fsp3) is 0.214. The zero-order valence-electron chi connectivity index (χ0n) is 11.7. The second kappa shape index (κ2) is 5.61. The number of aryl methyl sites for hydroxylation is 2. The second-order valence-electron chi connectivity index (χ2n) is 4.55. The second-order valence-corrected chi connectivity index (χ2v) is 5.31. The van der Waals surface area contributed by atoms with E-state index in [0.29, 0.717) is 11.3 Å². The first-order chi connectivity index (χ1) is 9.84. The molecule has 1 N–H and O–H groups in total. The van der Waals surface area contributed by atoms with Crippen LogP contribution in [0.25, 0.3) is 0 Å². The SMILES string of the molecule is Cc1cccc(C(=O)N(C)c2snc(C)c2C(=O)O)c1F. The van der Waals surface area contributed by atoms with Gasteiger partial charge in [-0.1, -0.05) is 12.1 Å². The van der Waals surface area contributed by atoms with Crippen LogP contribution in [0.3, 0.4) is 0 Å². The summed E-state index contributed by atoms with van der Waals surface area (Å²) >= 11 is 0.897. The van der Waals surface area contributed by atoms with Crippen LogP contribution in [0.15, 0.2) is 18.2 Å². The number of carbonyl (C=O) groups excluding carboxylic acids is 1. The van der Waals surface area contributed by atoms with Crippen LogP contribution in [0, 0.1) is 19.7 Å². The topological polar surface area (TPSA) is 70.5 Å². The number of carboxylic acids is 1. The number of halogens is 1. The maximum Gasteiger partial charge on any atom is 0.340 e. The van der Waals surface area contributed by atoms with E-state index in [1.807, 2.05) is 0 Å². The fourth-order valence-electron chi connectivity index (χ4n) is 1.92. The fourth-order valence-corrected chi connectivity index (χ4v) is 2.76. The number of nitrogens with zero attached hydrogens (tertiary/aromatic N) is 2. The van der Waals surface area contributed by atoms with E-state index in [-0.39, 0.29) is 16.1 Å². The van der Waals surface area contributed by atoms with E-state index >= 15 is 0 Å². The summed E-state index contributed by atoms with van der Waals surface area (Å²) < 4.78 is 18.0. The molecule has 0 unspecified atom stereocenters. The number of aromatic carboxylic acids is 1. The van der Waals surface area contributed by atoms with Gasteiger partial charge in [-0.05, 0) is 37.0 Å². The minimum absolute atomic E-state index is 0.0380. The van der Waals surface area contributed by atoms with E-state index < -0.39 is 17.7 Å². The number of hydrogen-bond donors (Lipinski definition) is 1. The summed E-state index contributed by atoms with van der Waals surface area (Å²) in [6, 6.07) is 4.51. The summed E-state index contributed by atoms with van der Waals surface area (Å²) in [6.45, 7) is 3.11. The Balaban J connectivity index is 2.45. The van der Waals surface area contributed by atoms with Crippen molar-refractivity contribution < 1.29 is 19.1 Å². The number of amides is 1. The number of rotatable bonds is 3. The smallest absolute Gasteiger partial charge is 0.340 e. The average Bonchev–Trinajstić information content (AvgIpc) is 2.82. The third kappa shape index (κ3) is 2.64. The lowest BCUT2D eigenvalue weighted by Crippen LogP contribution is -2.28. The molecule has 21 heavy (non-hydrogen) atoms. The van der Waals surface area contributed by atoms with Crippen LogP contribution >= 0.6 is 11.5 Å². The molecule has 1 heterocycles. The van der Waals surface area contributed by atoms with E-state index in [1.165, 1.54) is 13.1 Å². The van der Waals surface area contributed by atoms with Crippen molar-refractivity contribution in [3.8, 4) is 0 Å². The van der Waals surface area contributed by atoms with Gasteiger partial charge in [0.25, 0.3) is 5.91 Å². The van der Waals surface area contributed by atoms with Crippen molar-refractivity contribution in [3.63, 3.8) is 0 Å². The Kier molecular flexibility index (Phi) is 4.04. The number of aromatic nitrogens is 1. The highest BCUT2D eigenvalue weighted by Crippen LogP contribution is 2.29. The molecule has 7 heteroatoms. The van der Waals surface area contributed by atoms with Gasteiger partial charge >= 0.3 is 5.97 Å². The van der Waals surface area contributed by atoms with Gasteiger partial charge in [0, 0.05) is 7.05 Å². The molecule has 0 saturated heterocycles. The molecule has 0 saturated carbocycles. The van der Waals surface area contributed by atoms with Crippen LogP contribution in [0.4, 0.5) is 9.39 Å². The minimum atomic E-state index is -1.17. The molecule has 0 radical (unpaired) electrons. The highest BCUT2D eigenvalue weighted by atomic mass is 32.1. The molecular weight excluding hydrogens is 295 g/mol. The van der Waals surface area contributed by atoms with Crippen molar-refractivity contribution in [2.75, 3.05) is 11.9 Å². The summed E-state index contributed by atoms with van der Waals surface area (Å²) in [4.78, 5) is 24.7. The average molecular weight is 308 g/mol. The van der Waals surface area contributed by atoms with Crippen LogP contribution in [-0.2, 0) is 0 Å². The van der Waals surface area contributed by atoms with Gasteiger partial charge in [-0.25, -0.2) is 9.18 Å². The molecule has 0 atom stereocenters. The Bertz CT molecular complexity index is 727. The maximum absolute atomic E-state index is 14.0. The Labute approximate surface area is 124 Å². The molecule has 0 fully saturated rings. The first kappa shape index (κ1) is 15.1. The van der Waals surface area contributed by atoms with Gasteiger partial charge in [0.05, 0.1) is 11.3 Å². The zero-order chi connectivity index (χ0) is 15.7. The van der Waals surface area contributed by atoms with Crippen molar-refractivity contribution in [1.82, 2.24) is 4.37 Å². The van der Waals surface area contributed by atoms with Gasteiger partial charge in [0.15, 0.2) is 0 Å². The largest absolute Gasteiger partial charge is 0.478 e. The molecule has 1 amide bonds. The normalized spacial score (nSPS) is 10.5. The number of hydrogen-bond acceptors (Lipinski definition) is 4. The van der Waals surface area contributed by atoms with E-state index in [2.05, 4.69) is 4.37 Å². The summed E-state index contributed by atoms with van der Waals surface area (Å²) in [5.74, 6) is -2.38. The zero-order valence-corrected chi connectivity index (χ0v) is 12.5. The molecule has 1 aromatic heterocycles. The lowest BCUT2D eigenvalue weighted by atomic mass is 10.1. The van der Waals surface area contributed by atoms with Crippen molar-refractivity contribution >= 4 is 28.4 Å². The third-order valence-corrected chi connectivity index (χ3v) is 4.11. The monoisotopic (exact) mass is 308 g/mol. The van der Waals surface area contributed by atoms with Crippen LogP contribution in [0.1, 0.15) is 32.0 Å². The summed E-state index contributed by atoms with van der Waals surface area (Å²) in [5, 5.41) is 9.38. The Morgan fingerprint density at radius 2 is 2.00 bits per heavy atom. The van der Waals surface area contributed by atoms with Crippen molar-refractivity contribution in [2.24, 2.45) is 0 Å². The van der Waals surface area contributed by atoms with Crippen molar-refractivity contribution in [3.05, 3.63) is 46.4 Å². The lowest BCUT2D eigenvalue weighted by Gasteiger charge is -2.16. The van der Waals surface area contributed by atoms with E-state index in [0.717, 1.165) is 16.4 Å². The minimum Gasteiger partial charge on any atom is -0.478 e. The van der Waals surface area contributed by atoms with Gasteiger partial charge in [-0.3, -0.25) is 4.79 Å². The van der Waals surface area contributed by atoms with Gasteiger partial charge in [-0.2, -0.15) is 4.37 Å². The van der Waals surface area contributed by atoms with E-state index in [9.17, 15) is 19.1 Å². The Morgan fingerprint density at radius 1 is 1.33 bits per heavy atom.